The lowest BCUT2D eigenvalue weighted by molar-refractivity contribution is -0.121. The summed E-state index contributed by atoms with van der Waals surface area (Å²) in [5, 5.41) is 2.83. The highest BCUT2D eigenvalue weighted by atomic mass is 16.1. The van der Waals surface area contributed by atoms with Gasteiger partial charge in [-0.2, -0.15) is 0 Å². The number of hydrogen-bond acceptors (Lipinski definition) is 4. The van der Waals surface area contributed by atoms with Crippen LogP contribution in [0, 0.1) is 6.92 Å². The number of nitrogens with one attached hydrogen (secondary N) is 1. The minimum absolute atomic E-state index is 0.0577. The van der Waals surface area contributed by atoms with Gasteiger partial charge in [0, 0.05) is 38.2 Å². The van der Waals surface area contributed by atoms with Crippen molar-refractivity contribution in [1.82, 2.24) is 19.9 Å². The first-order chi connectivity index (χ1) is 9.54. The third-order valence-electron chi connectivity index (χ3n) is 2.78. The molecule has 0 aliphatic heterocycles. The first kappa shape index (κ1) is 14.0. The summed E-state index contributed by atoms with van der Waals surface area (Å²) in [5.41, 5.74) is 0.887. The first-order valence-corrected chi connectivity index (χ1v) is 6.44. The molecular formula is C14H19N5O. The highest BCUT2D eigenvalue weighted by Gasteiger charge is 2.06. The lowest BCUT2D eigenvalue weighted by atomic mass is 10.4. The van der Waals surface area contributed by atoms with Gasteiger partial charge in [0.25, 0.3) is 0 Å². The summed E-state index contributed by atoms with van der Waals surface area (Å²) in [6, 6.07) is 5.69. The molecule has 20 heavy (non-hydrogen) atoms. The second kappa shape index (κ2) is 6.18. The molecule has 0 aliphatic carbocycles. The topological polar surface area (TPSA) is 63.1 Å². The van der Waals surface area contributed by atoms with Gasteiger partial charge in [-0.15, -0.1) is 0 Å². The fraction of sp³-hybridized carbons (Fsp3) is 0.357. The zero-order valence-corrected chi connectivity index (χ0v) is 12.0. The van der Waals surface area contributed by atoms with Crippen molar-refractivity contribution >= 4 is 11.7 Å². The van der Waals surface area contributed by atoms with Gasteiger partial charge < -0.3 is 14.8 Å². The Balaban J connectivity index is 1.95. The zero-order chi connectivity index (χ0) is 14.5. The van der Waals surface area contributed by atoms with E-state index in [9.17, 15) is 4.79 Å². The second-order valence-corrected chi connectivity index (χ2v) is 4.81. The number of aryl methyl sites for hydroxylation is 1. The Morgan fingerprint density at radius 3 is 2.65 bits per heavy atom. The van der Waals surface area contributed by atoms with Crippen molar-refractivity contribution < 1.29 is 4.79 Å². The van der Waals surface area contributed by atoms with E-state index in [4.69, 9.17) is 0 Å². The standard InChI is InChI=1S/C14H19N5O/c1-11-8-13(18(2)3)17-12(16-11)9-15-14(20)10-19-6-4-5-7-19/h4-8H,9-10H2,1-3H3,(H,15,20). The van der Waals surface area contributed by atoms with Crippen LogP contribution in [0.4, 0.5) is 5.82 Å². The van der Waals surface area contributed by atoms with Crippen molar-refractivity contribution in [2.45, 2.75) is 20.0 Å². The Kier molecular flexibility index (Phi) is 4.34. The summed E-state index contributed by atoms with van der Waals surface area (Å²) in [6.45, 7) is 2.56. The molecule has 0 aromatic carbocycles. The number of rotatable bonds is 5. The van der Waals surface area contributed by atoms with Gasteiger partial charge in [-0.05, 0) is 19.1 Å². The maximum atomic E-state index is 11.8. The molecule has 6 nitrogen and oxygen atoms in total. The van der Waals surface area contributed by atoms with Crippen LogP contribution in [-0.2, 0) is 17.9 Å². The quantitative estimate of drug-likeness (QED) is 0.881. The molecule has 0 aliphatic rings. The van der Waals surface area contributed by atoms with Gasteiger partial charge >= 0.3 is 0 Å². The SMILES string of the molecule is Cc1cc(N(C)C)nc(CNC(=O)Cn2cccc2)n1. The van der Waals surface area contributed by atoms with Crippen LogP contribution < -0.4 is 10.2 Å². The molecule has 0 fully saturated rings. The van der Waals surface area contributed by atoms with E-state index in [0.717, 1.165) is 11.5 Å². The molecule has 1 amide bonds. The van der Waals surface area contributed by atoms with Gasteiger partial charge in [0.05, 0.1) is 6.54 Å². The van der Waals surface area contributed by atoms with Crippen molar-refractivity contribution in [3.05, 3.63) is 42.1 Å². The summed E-state index contributed by atoms with van der Waals surface area (Å²) in [6.07, 6.45) is 3.71. The summed E-state index contributed by atoms with van der Waals surface area (Å²) in [4.78, 5) is 22.4. The number of nitrogens with zero attached hydrogens (tertiary/aromatic N) is 4. The first-order valence-electron chi connectivity index (χ1n) is 6.44. The molecule has 0 radical (unpaired) electrons. The largest absolute Gasteiger partial charge is 0.363 e. The summed E-state index contributed by atoms with van der Waals surface area (Å²) in [7, 11) is 3.85. The van der Waals surface area contributed by atoms with E-state index in [2.05, 4.69) is 15.3 Å². The normalized spacial score (nSPS) is 10.3. The molecule has 0 saturated heterocycles. The molecule has 0 unspecified atom stereocenters. The van der Waals surface area contributed by atoms with Crippen LogP contribution in [-0.4, -0.2) is 34.5 Å². The fourth-order valence-corrected chi connectivity index (χ4v) is 1.80. The number of aromatic nitrogens is 3. The predicted octanol–water partition coefficient (Wildman–Crippen LogP) is 0.969. The lowest BCUT2D eigenvalue weighted by Crippen LogP contribution is -2.28. The minimum atomic E-state index is -0.0577. The van der Waals surface area contributed by atoms with Crippen LogP contribution in [0.3, 0.4) is 0 Å². The van der Waals surface area contributed by atoms with Gasteiger partial charge in [0.1, 0.15) is 18.2 Å². The van der Waals surface area contributed by atoms with E-state index in [1.54, 1.807) is 0 Å². The van der Waals surface area contributed by atoms with E-state index in [1.807, 2.05) is 61.1 Å². The van der Waals surface area contributed by atoms with Gasteiger partial charge in [-0.25, -0.2) is 9.97 Å². The maximum absolute atomic E-state index is 11.8. The number of amides is 1. The van der Waals surface area contributed by atoms with E-state index in [-0.39, 0.29) is 5.91 Å². The van der Waals surface area contributed by atoms with Crippen molar-refractivity contribution in [2.75, 3.05) is 19.0 Å². The summed E-state index contributed by atoms with van der Waals surface area (Å²) < 4.78 is 1.82. The van der Waals surface area contributed by atoms with Crippen molar-refractivity contribution in [2.24, 2.45) is 0 Å². The molecule has 2 aromatic heterocycles. The van der Waals surface area contributed by atoms with Crippen molar-refractivity contribution in [3.8, 4) is 0 Å². The second-order valence-electron chi connectivity index (χ2n) is 4.81. The van der Waals surface area contributed by atoms with Crippen LogP contribution in [0.1, 0.15) is 11.5 Å². The van der Waals surface area contributed by atoms with Crippen LogP contribution in [0.15, 0.2) is 30.6 Å². The monoisotopic (exact) mass is 273 g/mol. The van der Waals surface area contributed by atoms with Gasteiger partial charge in [-0.1, -0.05) is 0 Å². The van der Waals surface area contributed by atoms with E-state index < -0.39 is 0 Å². The fourth-order valence-electron chi connectivity index (χ4n) is 1.80. The average Bonchev–Trinajstić information content (AvgIpc) is 2.88. The maximum Gasteiger partial charge on any atom is 0.240 e. The van der Waals surface area contributed by atoms with Gasteiger partial charge in [0.2, 0.25) is 5.91 Å². The van der Waals surface area contributed by atoms with Gasteiger partial charge in [-0.3, -0.25) is 4.79 Å². The van der Waals surface area contributed by atoms with E-state index in [1.165, 1.54) is 0 Å². The van der Waals surface area contributed by atoms with Crippen LogP contribution >= 0.6 is 0 Å². The molecule has 0 bridgehead atoms. The molecule has 6 heteroatoms. The highest BCUT2D eigenvalue weighted by molar-refractivity contribution is 5.75. The molecule has 2 rings (SSSR count). The van der Waals surface area contributed by atoms with Crippen LogP contribution in [0.5, 0.6) is 0 Å². The summed E-state index contributed by atoms with van der Waals surface area (Å²) >= 11 is 0. The zero-order valence-electron chi connectivity index (χ0n) is 12.0. The van der Waals surface area contributed by atoms with E-state index in [0.29, 0.717) is 18.9 Å². The Labute approximate surface area is 118 Å². The number of carbonyl (C=O) groups is 1. The third-order valence-corrected chi connectivity index (χ3v) is 2.78. The molecule has 106 valence electrons. The number of carbonyl (C=O) groups excluding carboxylic acids is 1. The number of hydrogen-bond donors (Lipinski definition) is 1. The van der Waals surface area contributed by atoms with E-state index >= 15 is 0 Å². The Morgan fingerprint density at radius 1 is 1.30 bits per heavy atom. The Hall–Kier alpha value is -2.37. The van der Waals surface area contributed by atoms with Crippen LogP contribution in [0.2, 0.25) is 0 Å². The molecule has 0 spiro atoms. The number of anilines is 1. The molecule has 2 aromatic rings. The van der Waals surface area contributed by atoms with Gasteiger partial charge in [0.15, 0.2) is 0 Å². The minimum Gasteiger partial charge on any atom is -0.363 e. The molecule has 1 N–H and O–H groups in total. The molecule has 0 atom stereocenters. The average molecular weight is 273 g/mol. The lowest BCUT2D eigenvalue weighted by Gasteiger charge is -2.13. The van der Waals surface area contributed by atoms with Crippen LogP contribution in [0.25, 0.3) is 0 Å². The Bertz CT molecular complexity index is 577. The highest BCUT2D eigenvalue weighted by Crippen LogP contribution is 2.08. The summed E-state index contributed by atoms with van der Waals surface area (Å²) in [5.74, 6) is 1.40. The molecular weight excluding hydrogens is 254 g/mol. The predicted molar refractivity (Wildman–Crippen MR) is 77.4 cm³/mol. The third kappa shape index (κ3) is 3.81. The molecule has 0 saturated carbocycles. The Morgan fingerprint density at radius 2 is 2.00 bits per heavy atom. The molecule has 2 heterocycles. The van der Waals surface area contributed by atoms with Crippen molar-refractivity contribution in [1.29, 1.82) is 0 Å². The smallest absolute Gasteiger partial charge is 0.240 e. The van der Waals surface area contributed by atoms with Crippen molar-refractivity contribution in [3.63, 3.8) is 0 Å².